The normalized spacial score (nSPS) is 23.8. The predicted molar refractivity (Wildman–Crippen MR) is 81.4 cm³/mol. The van der Waals surface area contributed by atoms with Gasteiger partial charge in [0.25, 0.3) is 0 Å². The highest BCUT2D eigenvalue weighted by molar-refractivity contribution is 5.19. The van der Waals surface area contributed by atoms with Gasteiger partial charge in [-0.2, -0.15) is 4.98 Å². The molecule has 2 aromatic rings. The maximum atomic E-state index is 13.1. The summed E-state index contributed by atoms with van der Waals surface area (Å²) in [6.07, 6.45) is 2.27. The first-order valence-corrected chi connectivity index (χ1v) is 8.15. The fourth-order valence-electron chi connectivity index (χ4n) is 2.98. The van der Waals surface area contributed by atoms with E-state index in [1.807, 2.05) is 0 Å². The van der Waals surface area contributed by atoms with Crippen molar-refractivity contribution in [2.24, 2.45) is 0 Å². The smallest absolute Gasteiger partial charge is 0.243 e. The summed E-state index contributed by atoms with van der Waals surface area (Å²) in [5.41, 5.74) is 0.993. The molecule has 0 radical (unpaired) electrons. The van der Waals surface area contributed by atoms with E-state index < -0.39 is 0 Å². The molecule has 2 aliphatic rings. The molecule has 0 amide bonds. The van der Waals surface area contributed by atoms with E-state index in [4.69, 9.17) is 9.26 Å². The summed E-state index contributed by atoms with van der Waals surface area (Å²) in [5, 5.41) is 4.10. The van der Waals surface area contributed by atoms with Crippen molar-refractivity contribution >= 4 is 0 Å². The first-order valence-electron chi connectivity index (χ1n) is 8.15. The van der Waals surface area contributed by atoms with Crippen molar-refractivity contribution in [3.8, 4) is 0 Å². The maximum absolute atomic E-state index is 13.1. The molecule has 1 aromatic carbocycles. The predicted octanol–water partition coefficient (Wildman–Crippen LogP) is 3.22. The molecule has 0 N–H and O–H groups in total. The Morgan fingerprint density at radius 1 is 1.26 bits per heavy atom. The Morgan fingerprint density at radius 3 is 2.78 bits per heavy atom. The number of benzene rings is 1. The lowest BCUT2D eigenvalue weighted by Crippen LogP contribution is -2.40. The van der Waals surface area contributed by atoms with E-state index in [9.17, 15) is 4.39 Å². The van der Waals surface area contributed by atoms with Gasteiger partial charge in [0.05, 0.1) is 18.8 Å². The van der Waals surface area contributed by atoms with E-state index in [0.29, 0.717) is 18.4 Å². The molecule has 122 valence electrons. The van der Waals surface area contributed by atoms with Crippen molar-refractivity contribution in [1.82, 2.24) is 15.0 Å². The molecule has 1 saturated heterocycles. The third-order valence-corrected chi connectivity index (χ3v) is 4.64. The third kappa shape index (κ3) is 3.14. The third-order valence-electron chi connectivity index (χ3n) is 4.64. The number of hydrogen-bond acceptors (Lipinski definition) is 5. The molecular formula is C17H20FN3O2. The summed E-state index contributed by atoms with van der Waals surface area (Å²) in [5.74, 6) is 1.78. The quantitative estimate of drug-likeness (QED) is 0.866. The van der Waals surface area contributed by atoms with E-state index in [0.717, 1.165) is 37.3 Å². The molecule has 1 aromatic heterocycles. The van der Waals surface area contributed by atoms with Crippen molar-refractivity contribution in [2.75, 3.05) is 19.7 Å². The number of ether oxygens (including phenoxy) is 1. The molecule has 6 heteroatoms. The van der Waals surface area contributed by atoms with Crippen LogP contribution in [0.1, 0.15) is 55.1 Å². The first kappa shape index (κ1) is 14.8. The monoisotopic (exact) mass is 317 g/mol. The Bertz CT molecular complexity index is 669. The van der Waals surface area contributed by atoms with Gasteiger partial charge < -0.3 is 9.26 Å². The molecule has 0 spiro atoms. The second-order valence-electron chi connectivity index (χ2n) is 6.35. The Morgan fingerprint density at radius 2 is 2.04 bits per heavy atom. The van der Waals surface area contributed by atoms with E-state index in [1.165, 1.54) is 12.1 Å². The highest BCUT2D eigenvalue weighted by Crippen LogP contribution is 2.39. The Balaban J connectivity index is 1.46. The van der Waals surface area contributed by atoms with Gasteiger partial charge in [0.15, 0.2) is 5.82 Å². The van der Waals surface area contributed by atoms with Crippen LogP contribution in [-0.2, 0) is 4.74 Å². The molecule has 2 fully saturated rings. The van der Waals surface area contributed by atoms with E-state index in [-0.39, 0.29) is 18.0 Å². The number of rotatable bonds is 4. The van der Waals surface area contributed by atoms with Gasteiger partial charge in [-0.1, -0.05) is 17.3 Å². The zero-order chi connectivity index (χ0) is 15.8. The number of hydrogen-bond donors (Lipinski definition) is 0. The number of halogens is 1. The van der Waals surface area contributed by atoms with Crippen LogP contribution in [0.5, 0.6) is 0 Å². The molecular weight excluding hydrogens is 297 g/mol. The topological polar surface area (TPSA) is 51.4 Å². The summed E-state index contributed by atoms with van der Waals surface area (Å²) in [7, 11) is 0. The van der Waals surface area contributed by atoms with Gasteiger partial charge in [-0.05, 0) is 37.5 Å². The lowest BCUT2D eigenvalue weighted by molar-refractivity contribution is -0.0469. The molecule has 1 aliphatic heterocycles. The van der Waals surface area contributed by atoms with Crippen molar-refractivity contribution in [1.29, 1.82) is 0 Å². The lowest BCUT2D eigenvalue weighted by Gasteiger charge is -2.35. The summed E-state index contributed by atoms with van der Waals surface area (Å²) >= 11 is 0. The summed E-state index contributed by atoms with van der Waals surface area (Å²) < 4.78 is 24.4. The van der Waals surface area contributed by atoms with Crippen LogP contribution in [0.15, 0.2) is 28.8 Å². The average Bonchev–Trinajstić information content (AvgIpc) is 3.32. The minimum Gasteiger partial charge on any atom is -0.371 e. The average molecular weight is 317 g/mol. The molecule has 23 heavy (non-hydrogen) atoms. The summed E-state index contributed by atoms with van der Waals surface area (Å²) in [6.45, 7) is 4.27. The van der Waals surface area contributed by atoms with Crippen molar-refractivity contribution in [2.45, 2.75) is 37.8 Å². The van der Waals surface area contributed by atoms with Crippen LogP contribution in [0.4, 0.5) is 4.39 Å². The Kier molecular flexibility index (Phi) is 3.87. The van der Waals surface area contributed by atoms with Crippen molar-refractivity contribution in [3.05, 3.63) is 47.4 Å². The second kappa shape index (κ2) is 6.02. The fraction of sp³-hybridized carbons (Fsp3) is 0.529. The minimum atomic E-state index is -0.228. The van der Waals surface area contributed by atoms with Crippen LogP contribution in [0, 0.1) is 5.82 Å². The maximum Gasteiger partial charge on any atom is 0.243 e. The highest BCUT2D eigenvalue weighted by atomic mass is 19.1. The fourth-order valence-corrected chi connectivity index (χ4v) is 2.98. The van der Waals surface area contributed by atoms with E-state index in [1.54, 1.807) is 12.1 Å². The SMILES string of the molecule is C[C@H](c1nc(C2CC2)no1)N1CCO[C@H](c2ccc(F)cc2)C1. The van der Waals surface area contributed by atoms with Gasteiger partial charge in [-0.15, -0.1) is 0 Å². The molecule has 0 unspecified atom stereocenters. The largest absolute Gasteiger partial charge is 0.371 e. The number of aromatic nitrogens is 2. The van der Waals surface area contributed by atoms with Gasteiger partial charge in [-0.25, -0.2) is 4.39 Å². The molecule has 4 rings (SSSR count). The summed E-state index contributed by atoms with van der Waals surface area (Å²) in [6, 6.07) is 6.57. The first-order chi connectivity index (χ1) is 11.2. The van der Waals surface area contributed by atoms with Crippen LogP contribution in [-0.4, -0.2) is 34.7 Å². The molecule has 1 saturated carbocycles. The molecule has 5 nitrogen and oxygen atoms in total. The van der Waals surface area contributed by atoms with Gasteiger partial charge in [0, 0.05) is 19.0 Å². The minimum absolute atomic E-state index is 0.0573. The molecule has 1 aliphatic carbocycles. The van der Waals surface area contributed by atoms with Crippen molar-refractivity contribution in [3.63, 3.8) is 0 Å². The van der Waals surface area contributed by atoms with Gasteiger partial charge >= 0.3 is 0 Å². The van der Waals surface area contributed by atoms with Crippen LogP contribution < -0.4 is 0 Å². The standard InChI is InChI=1S/C17H20FN3O2/c1-11(17-19-16(20-23-17)13-2-3-13)21-8-9-22-15(10-21)12-4-6-14(18)7-5-12/h4-7,11,13,15H,2-3,8-10H2,1H3/t11-,15+/m1/s1. The van der Waals surface area contributed by atoms with Gasteiger partial charge in [-0.3, -0.25) is 4.90 Å². The van der Waals surface area contributed by atoms with E-state index >= 15 is 0 Å². The van der Waals surface area contributed by atoms with Crippen molar-refractivity contribution < 1.29 is 13.7 Å². The number of morpholine rings is 1. The lowest BCUT2D eigenvalue weighted by atomic mass is 10.1. The molecule has 2 atom stereocenters. The number of nitrogens with zero attached hydrogens (tertiary/aromatic N) is 3. The van der Waals surface area contributed by atoms with Crippen LogP contribution in [0.25, 0.3) is 0 Å². The van der Waals surface area contributed by atoms with Crippen LogP contribution in [0.2, 0.25) is 0 Å². The summed E-state index contributed by atoms with van der Waals surface area (Å²) in [4.78, 5) is 6.83. The molecule has 2 heterocycles. The molecule has 0 bridgehead atoms. The van der Waals surface area contributed by atoms with Crippen LogP contribution in [0.3, 0.4) is 0 Å². The second-order valence-corrected chi connectivity index (χ2v) is 6.35. The zero-order valence-corrected chi connectivity index (χ0v) is 13.1. The Hall–Kier alpha value is -1.79. The zero-order valence-electron chi connectivity index (χ0n) is 13.1. The van der Waals surface area contributed by atoms with Gasteiger partial charge in [0.2, 0.25) is 5.89 Å². The van der Waals surface area contributed by atoms with E-state index in [2.05, 4.69) is 22.0 Å². The highest BCUT2D eigenvalue weighted by Gasteiger charge is 2.32. The van der Waals surface area contributed by atoms with Crippen LogP contribution >= 0.6 is 0 Å². The van der Waals surface area contributed by atoms with Gasteiger partial charge in [0.1, 0.15) is 5.82 Å². The Labute approximate surface area is 134 Å².